The van der Waals surface area contributed by atoms with Gasteiger partial charge in [0.05, 0.1) is 10.8 Å². The summed E-state index contributed by atoms with van der Waals surface area (Å²) in [4.78, 5) is 21.6. The first-order valence-electron chi connectivity index (χ1n) is 3.24. The molecule has 0 aromatic heterocycles. The zero-order valence-corrected chi connectivity index (χ0v) is 7.79. The highest BCUT2D eigenvalue weighted by Gasteiger charge is 2.69. The fraction of sp³-hybridized carbons (Fsp3) is 0.714. The molecule has 0 aromatic rings. The molecule has 0 spiro atoms. The predicted octanol–water partition coefficient (Wildman–Crippen LogP) is 1.93. The summed E-state index contributed by atoms with van der Waals surface area (Å²) in [6, 6.07) is 0. The molecule has 1 aliphatic carbocycles. The minimum Gasteiger partial charge on any atom is -0.281 e. The molecule has 0 radical (unpaired) electrons. The first-order chi connectivity index (χ1) is 4.84. The van der Waals surface area contributed by atoms with Crippen molar-refractivity contribution in [1.29, 1.82) is 0 Å². The van der Waals surface area contributed by atoms with Crippen LogP contribution >= 0.6 is 23.2 Å². The highest BCUT2D eigenvalue weighted by Crippen LogP contribution is 2.65. The molecular weight excluding hydrogens is 187 g/mol. The number of carbonyl (C=O) groups excluding carboxylic acids is 2. The first kappa shape index (κ1) is 9.01. The third-order valence-corrected chi connectivity index (χ3v) is 3.50. The SMILES string of the molecule is C[C@@]1(C(=O)Cl)C[C@]1(C)C(=O)Cl. The molecule has 0 bridgehead atoms. The maximum Gasteiger partial charge on any atom is 0.228 e. The van der Waals surface area contributed by atoms with E-state index < -0.39 is 21.3 Å². The van der Waals surface area contributed by atoms with E-state index in [1.807, 2.05) is 0 Å². The molecule has 0 N–H and O–H groups in total. The third kappa shape index (κ3) is 1.00. The Morgan fingerprint density at radius 1 is 1.09 bits per heavy atom. The quantitative estimate of drug-likeness (QED) is 0.631. The van der Waals surface area contributed by atoms with Gasteiger partial charge >= 0.3 is 0 Å². The van der Waals surface area contributed by atoms with Crippen molar-refractivity contribution in [3.05, 3.63) is 0 Å². The van der Waals surface area contributed by atoms with Crippen LogP contribution in [0.15, 0.2) is 0 Å². The van der Waals surface area contributed by atoms with E-state index in [1.54, 1.807) is 13.8 Å². The van der Waals surface area contributed by atoms with E-state index >= 15 is 0 Å². The van der Waals surface area contributed by atoms with E-state index in [1.165, 1.54) is 0 Å². The second-order valence-corrected chi connectivity index (χ2v) is 4.07. The summed E-state index contributed by atoms with van der Waals surface area (Å²) >= 11 is 10.6. The van der Waals surface area contributed by atoms with Crippen LogP contribution in [0.25, 0.3) is 0 Å². The molecule has 1 rings (SSSR count). The van der Waals surface area contributed by atoms with Gasteiger partial charge in [-0.05, 0) is 29.6 Å². The molecule has 1 fully saturated rings. The smallest absolute Gasteiger partial charge is 0.228 e. The molecule has 1 aliphatic rings. The summed E-state index contributed by atoms with van der Waals surface area (Å²) in [6.45, 7) is 3.31. The van der Waals surface area contributed by atoms with Crippen LogP contribution in [0.2, 0.25) is 0 Å². The largest absolute Gasteiger partial charge is 0.281 e. The Morgan fingerprint density at radius 3 is 1.45 bits per heavy atom. The van der Waals surface area contributed by atoms with Crippen LogP contribution in [0.1, 0.15) is 20.3 Å². The minimum atomic E-state index is -0.729. The van der Waals surface area contributed by atoms with Gasteiger partial charge in [-0.2, -0.15) is 0 Å². The molecule has 2 nitrogen and oxygen atoms in total. The van der Waals surface area contributed by atoms with Crippen molar-refractivity contribution in [3.63, 3.8) is 0 Å². The summed E-state index contributed by atoms with van der Waals surface area (Å²) in [5.74, 6) is 0. The normalized spacial score (nSPS) is 41.8. The molecule has 2 atom stereocenters. The van der Waals surface area contributed by atoms with E-state index in [-0.39, 0.29) is 0 Å². The maximum atomic E-state index is 10.8. The second-order valence-electron chi connectivity index (χ2n) is 3.39. The van der Waals surface area contributed by atoms with Crippen molar-refractivity contribution < 1.29 is 9.59 Å². The Labute approximate surface area is 74.9 Å². The van der Waals surface area contributed by atoms with Gasteiger partial charge < -0.3 is 0 Å². The number of hydrogen-bond donors (Lipinski definition) is 0. The summed E-state index contributed by atoms with van der Waals surface area (Å²) in [5.41, 5.74) is -1.46. The molecule has 4 heteroatoms. The molecule has 0 unspecified atom stereocenters. The molecule has 0 heterocycles. The van der Waals surface area contributed by atoms with E-state index in [0.717, 1.165) is 0 Å². The van der Waals surface area contributed by atoms with Gasteiger partial charge in [-0.3, -0.25) is 9.59 Å². The molecule has 0 saturated heterocycles. The monoisotopic (exact) mass is 194 g/mol. The van der Waals surface area contributed by atoms with Crippen molar-refractivity contribution in [3.8, 4) is 0 Å². The highest BCUT2D eigenvalue weighted by molar-refractivity contribution is 6.69. The van der Waals surface area contributed by atoms with Crippen LogP contribution in [0, 0.1) is 10.8 Å². The van der Waals surface area contributed by atoms with E-state index in [4.69, 9.17) is 23.2 Å². The lowest BCUT2D eigenvalue weighted by Gasteiger charge is -2.08. The minimum absolute atomic E-state index is 0.463. The average molecular weight is 195 g/mol. The third-order valence-electron chi connectivity index (χ3n) is 2.67. The zero-order chi connectivity index (χ0) is 8.86. The lowest BCUT2D eigenvalue weighted by molar-refractivity contribution is -0.122. The zero-order valence-electron chi connectivity index (χ0n) is 6.28. The first-order valence-corrected chi connectivity index (χ1v) is 4.00. The van der Waals surface area contributed by atoms with Gasteiger partial charge in [0, 0.05) is 0 Å². The molecule has 11 heavy (non-hydrogen) atoms. The predicted molar refractivity (Wildman–Crippen MR) is 42.6 cm³/mol. The van der Waals surface area contributed by atoms with Gasteiger partial charge in [0.15, 0.2) is 0 Å². The molecule has 0 aliphatic heterocycles. The maximum absolute atomic E-state index is 10.8. The van der Waals surface area contributed by atoms with Crippen molar-refractivity contribution >= 4 is 33.7 Å². The number of hydrogen-bond acceptors (Lipinski definition) is 2. The molecule has 0 amide bonds. The van der Waals surface area contributed by atoms with Crippen LogP contribution in [0.5, 0.6) is 0 Å². The van der Waals surface area contributed by atoms with Crippen LogP contribution in [0.4, 0.5) is 0 Å². The van der Waals surface area contributed by atoms with Gasteiger partial charge in [-0.1, -0.05) is 13.8 Å². The molecule has 0 aromatic carbocycles. The Bertz CT molecular complexity index is 215. The fourth-order valence-electron chi connectivity index (χ4n) is 1.24. The summed E-state index contributed by atoms with van der Waals surface area (Å²) < 4.78 is 0. The second kappa shape index (κ2) is 2.20. The molecule has 1 saturated carbocycles. The van der Waals surface area contributed by atoms with E-state index in [0.29, 0.717) is 6.42 Å². The Morgan fingerprint density at radius 2 is 1.36 bits per heavy atom. The van der Waals surface area contributed by atoms with Crippen LogP contribution in [-0.2, 0) is 9.59 Å². The topological polar surface area (TPSA) is 34.1 Å². The summed E-state index contributed by atoms with van der Waals surface area (Å²) in [7, 11) is 0. The van der Waals surface area contributed by atoms with Crippen molar-refractivity contribution in [1.82, 2.24) is 0 Å². The number of halogens is 2. The lowest BCUT2D eigenvalue weighted by atomic mass is 9.99. The standard InChI is InChI=1S/C7H8Cl2O2/c1-6(4(8)10)3-7(6,2)5(9)11/h3H2,1-2H3/t6-,7+. The average Bonchev–Trinajstić information content (AvgIpc) is 2.39. The van der Waals surface area contributed by atoms with Gasteiger partial charge in [-0.15, -0.1) is 0 Å². The molecular formula is C7H8Cl2O2. The van der Waals surface area contributed by atoms with Crippen LogP contribution in [-0.4, -0.2) is 10.5 Å². The van der Waals surface area contributed by atoms with Crippen molar-refractivity contribution in [2.24, 2.45) is 10.8 Å². The Balaban J connectivity index is 2.87. The van der Waals surface area contributed by atoms with E-state index in [2.05, 4.69) is 0 Å². The van der Waals surface area contributed by atoms with Gasteiger partial charge in [0.1, 0.15) is 0 Å². The lowest BCUT2D eigenvalue weighted by Crippen LogP contribution is -2.19. The van der Waals surface area contributed by atoms with Crippen molar-refractivity contribution in [2.75, 3.05) is 0 Å². The van der Waals surface area contributed by atoms with Crippen LogP contribution < -0.4 is 0 Å². The number of rotatable bonds is 2. The number of carbonyl (C=O) groups is 2. The van der Waals surface area contributed by atoms with Gasteiger partial charge in [-0.25, -0.2) is 0 Å². The highest BCUT2D eigenvalue weighted by atomic mass is 35.5. The van der Waals surface area contributed by atoms with Crippen LogP contribution in [0.3, 0.4) is 0 Å². The van der Waals surface area contributed by atoms with Crippen molar-refractivity contribution in [2.45, 2.75) is 20.3 Å². The van der Waals surface area contributed by atoms with E-state index in [9.17, 15) is 9.59 Å². The summed E-state index contributed by atoms with van der Waals surface area (Å²) in [5, 5.41) is -0.956. The van der Waals surface area contributed by atoms with Gasteiger partial charge in [0.25, 0.3) is 0 Å². The molecule has 62 valence electrons. The fourth-order valence-corrected chi connectivity index (χ4v) is 1.79. The summed E-state index contributed by atoms with van der Waals surface area (Å²) in [6.07, 6.45) is 0.463. The Kier molecular flexibility index (Phi) is 1.81. The Hall–Kier alpha value is -0.0800. The van der Waals surface area contributed by atoms with Gasteiger partial charge in [0.2, 0.25) is 10.5 Å².